The Hall–Kier alpha value is -1.19. The second-order valence-electron chi connectivity index (χ2n) is 13.8. The van der Waals surface area contributed by atoms with Crippen LogP contribution < -0.4 is 10.6 Å². The molecule has 0 aromatic carbocycles. The number of nitrogens with zero attached hydrogens (tertiary/aromatic N) is 5. The number of hydrogen-bond acceptors (Lipinski definition) is 8. The molecule has 0 bridgehead atoms. The molecule has 0 radical (unpaired) electrons. The van der Waals surface area contributed by atoms with E-state index in [-0.39, 0.29) is 12.3 Å². The van der Waals surface area contributed by atoms with Gasteiger partial charge < -0.3 is 25.0 Å². The van der Waals surface area contributed by atoms with Crippen molar-refractivity contribution in [3.8, 4) is 0 Å². The molecular weight excluding hydrogens is 697 g/mol. The topological polar surface area (TPSA) is 166 Å². The van der Waals surface area contributed by atoms with E-state index in [4.69, 9.17) is 49.8 Å². The third-order valence-corrected chi connectivity index (χ3v) is 11.9. The maximum absolute atomic E-state index is 13.2. The number of alkyl halides is 3. The molecule has 0 aliphatic carbocycles. The lowest BCUT2D eigenvalue weighted by Crippen LogP contribution is -2.46. The summed E-state index contributed by atoms with van der Waals surface area (Å²) < 4.78 is 36.9. The highest BCUT2D eigenvalue weighted by molar-refractivity contribution is 7.89. The van der Waals surface area contributed by atoms with Crippen molar-refractivity contribution >= 4 is 65.1 Å². The highest BCUT2D eigenvalue weighted by Crippen LogP contribution is 2.40. The number of unbranched alkanes of at least 4 members (excludes halogenated alkanes) is 1. The maximum Gasteiger partial charge on any atom is 0.410 e. The minimum Gasteiger partial charge on any atom is -0.444 e. The normalized spacial score (nSPS) is 12.9. The number of carbonyl (C=O) groups is 2. The maximum atomic E-state index is 13.2. The van der Waals surface area contributed by atoms with Gasteiger partial charge in [-0.1, -0.05) is 59.6 Å². The monoisotopic (exact) mass is 751 g/mol. The van der Waals surface area contributed by atoms with Crippen LogP contribution in [0.25, 0.3) is 10.4 Å². The molecule has 0 saturated heterocycles. The predicted molar refractivity (Wildman–Crippen MR) is 190 cm³/mol. The zero-order valence-electron chi connectivity index (χ0n) is 28.8. The number of halogens is 3. The molecule has 0 atom stereocenters. The summed E-state index contributed by atoms with van der Waals surface area (Å²) in [5.74, 6) is 0.132. The lowest BCUT2D eigenvalue weighted by atomic mass is 10.2. The SMILES string of the molecule is CC(C)(C)OC(=O)NCCCCN(CCCNCCCN(CCCN=[N+]=[N-])C(=O)OC(C)(C)C(Cl)(Cl)Cl)S(=O)(=O)CC[Si](C)(C)C. The van der Waals surface area contributed by atoms with Gasteiger partial charge in [0.05, 0.1) is 5.75 Å². The van der Waals surface area contributed by atoms with Crippen LogP contribution in [0.1, 0.15) is 66.7 Å². The van der Waals surface area contributed by atoms with E-state index in [1.807, 2.05) is 0 Å². The number of sulfonamides is 1. The van der Waals surface area contributed by atoms with Crippen LogP contribution in [0.3, 0.4) is 0 Å². The summed E-state index contributed by atoms with van der Waals surface area (Å²) in [6.45, 7) is 18.1. The Morgan fingerprint density at radius 1 is 0.870 bits per heavy atom. The number of rotatable bonds is 22. The summed E-state index contributed by atoms with van der Waals surface area (Å²) in [7, 11) is -4.98. The summed E-state index contributed by atoms with van der Waals surface area (Å²) in [6, 6.07) is 0.685. The van der Waals surface area contributed by atoms with E-state index >= 15 is 0 Å². The lowest BCUT2D eigenvalue weighted by molar-refractivity contribution is 0.0156. The smallest absolute Gasteiger partial charge is 0.410 e. The Balaban J connectivity index is 4.95. The second kappa shape index (κ2) is 21.0. The predicted octanol–water partition coefficient (Wildman–Crippen LogP) is 6.92. The Bertz CT molecular complexity index is 1080. The van der Waals surface area contributed by atoms with Crippen LogP contribution >= 0.6 is 34.8 Å². The fourth-order valence-electron chi connectivity index (χ4n) is 3.78. The third-order valence-electron chi connectivity index (χ3n) is 6.58. The first kappa shape index (κ1) is 44.8. The summed E-state index contributed by atoms with van der Waals surface area (Å²) in [5, 5.41) is 9.54. The molecule has 0 spiro atoms. The molecule has 270 valence electrons. The molecule has 18 heteroatoms. The molecule has 0 rings (SSSR count). The molecule has 0 unspecified atom stereocenters. The van der Waals surface area contributed by atoms with Gasteiger partial charge in [0.25, 0.3) is 0 Å². The Morgan fingerprint density at radius 2 is 1.43 bits per heavy atom. The molecule has 0 saturated carbocycles. The summed E-state index contributed by atoms with van der Waals surface area (Å²) in [4.78, 5) is 28.9. The van der Waals surface area contributed by atoms with Gasteiger partial charge in [-0.25, -0.2) is 22.3 Å². The number of amides is 2. The Kier molecular flexibility index (Phi) is 20.5. The van der Waals surface area contributed by atoms with E-state index in [0.29, 0.717) is 84.0 Å². The summed E-state index contributed by atoms with van der Waals surface area (Å²) in [5.41, 5.74) is 6.58. The van der Waals surface area contributed by atoms with Crippen molar-refractivity contribution < 1.29 is 27.5 Å². The Labute approximate surface area is 292 Å². The van der Waals surface area contributed by atoms with Crippen LogP contribution in [0, 0.1) is 0 Å². The van der Waals surface area contributed by atoms with E-state index in [1.54, 1.807) is 25.1 Å². The van der Waals surface area contributed by atoms with Crippen molar-refractivity contribution in [2.75, 3.05) is 58.1 Å². The van der Waals surface area contributed by atoms with Crippen molar-refractivity contribution in [3.63, 3.8) is 0 Å². The van der Waals surface area contributed by atoms with Crippen LogP contribution in [0.2, 0.25) is 25.7 Å². The average molecular weight is 753 g/mol. The van der Waals surface area contributed by atoms with Crippen molar-refractivity contribution in [2.24, 2.45) is 5.11 Å². The van der Waals surface area contributed by atoms with Crippen LogP contribution in [-0.2, 0) is 19.5 Å². The highest BCUT2D eigenvalue weighted by atomic mass is 35.6. The van der Waals surface area contributed by atoms with Crippen LogP contribution in [0.15, 0.2) is 5.11 Å². The van der Waals surface area contributed by atoms with Gasteiger partial charge in [0.2, 0.25) is 13.8 Å². The fraction of sp³-hybridized carbons (Fsp3) is 0.929. The number of carbonyl (C=O) groups excluding carboxylic acids is 2. The van der Waals surface area contributed by atoms with Crippen molar-refractivity contribution in [1.29, 1.82) is 0 Å². The molecule has 2 N–H and O–H groups in total. The van der Waals surface area contributed by atoms with Gasteiger partial charge in [-0.3, -0.25) is 0 Å². The van der Waals surface area contributed by atoms with Gasteiger partial charge in [-0.2, -0.15) is 0 Å². The van der Waals surface area contributed by atoms with E-state index in [1.165, 1.54) is 18.7 Å². The van der Waals surface area contributed by atoms with Gasteiger partial charge >= 0.3 is 12.2 Å². The largest absolute Gasteiger partial charge is 0.444 e. The van der Waals surface area contributed by atoms with Gasteiger partial charge in [-0.05, 0) is 91.4 Å². The molecule has 46 heavy (non-hydrogen) atoms. The van der Waals surface area contributed by atoms with Gasteiger partial charge in [0, 0.05) is 52.3 Å². The van der Waals surface area contributed by atoms with Crippen LogP contribution in [0.5, 0.6) is 0 Å². The molecule has 0 aromatic heterocycles. The third kappa shape index (κ3) is 21.6. The molecule has 13 nitrogen and oxygen atoms in total. The zero-order chi connectivity index (χ0) is 35.7. The van der Waals surface area contributed by atoms with Gasteiger partial charge in [0.15, 0.2) is 5.60 Å². The summed E-state index contributed by atoms with van der Waals surface area (Å²) >= 11 is 17.9. The quantitative estimate of drug-likeness (QED) is 0.0303. The number of hydrogen-bond donors (Lipinski definition) is 2. The number of alkyl carbamates (subject to hydrolysis) is 1. The molecule has 0 aliphatic heterocycles. The molecular formula is C28H56Cl3N7O6SSi. The number of azide groups is 1. The van der Waals surface area contributed by atoms with Crippen molar-refractivity contribution in [3.05, 3.63) is 10.4 Å². The zero-order valence-corrected chi connectivity index (χ0v) is 32.9. The molecule has 0 fully saturated rings. The molecule has 0 aliphatic rings. The van der Waals surface area contributed by atoms with E-state index in [2.05, 4.69) is 40.3 Å². The molecule has 0 heterocycles. The Morgan fingerprint density at radius 3 is 1.98 bits per heavy atom. The van der Waals surface area contributed by atoms with E-state index < -0.39 is 45.3 Å². The highest BCUT2D eigenvalue weighted by Gasteiger charge is 2.44. The first-order valence-electron chi connectivity index (χ1n) is 15.7. The lowest BCUT2D eigenvalue weighted by Gasteiger charge is -2.34. The first-order chi connectivity index (χ1) is 21.0. The summed E-state index contributed by atoms with van der Waals surface area (Å²) in [6.07, 6.45) is 1.75. The molecule has 0 aromatic rings. The minimum absolute atomic E-state index is 0.132. The van der Waals surface area contributed by atoms with E-state index in [9.17, 15) is 18.0 Å². The van der Waals surface area contributed by atoms with Gasteiger partial charge in [-0.15, -0.1) is 0 Å². The van der Waals surface area contributed by atoms with Crippen molar-refractivity contribution in [1.82, 2.24) is 19.8 Å². The van der Waals surface area contributed by atoms with E-state index in [0.717, 1.165) is 0 Å². The standard InChI is InChI=1S/C28H56Cl3N7O6SSi/c1-26(2,3)43-24(39)34-16-9-10-20-38(45(41,42)22-23-46(6,7)8)21-12-15-33-14-11-18-37(19-13-17-35-36-32)25(40)44-27(4,5)28(29,30)31/h33H,9-23H2,1-8H3,(H,34,39). The fourth-order valence-corrected chi connectivity index (χ4v) is 8.45. The van der Waals surface area contributed by atoms with Crippen LogP contribution in [-0.4, -0.2) is 111 Å². The van der Waals surface area contributed by atoms with Crippen molar-refractivity contribution in [2.45, 2.75) is 107 Å². The number of ether oxygens (including phenoxy) is 2. The number of nitrogens with one attached hydrogen (secondary N) is 2. The first-order valence-corrected chi connectivity index (χ1v) is 22.2. The van der Waals surface area contributed by atoms with Crippen LogP contribution in [0.4, 0.5) is 9.59 Å². The second-order valence-corrected chi connectivity index (χ2v) is 23.8. The van der Waals surface area contributed by atoms with Gasteiger partial charge in [0.1, 0.15) is 5.60 Å². The average Bonchev–Trinajstić information content (AvgIpc) is 2.88. The molecule has 2 amide bonds. The minimum atomic E-state index is -3.43.